The molecule has 0 aliphatic rings. The van der Waals surface area contributed by atoms with Gasteiger partial charge in [0.2, 0.25) is 5.91 Å². The smallest absolute Gasteiger partial charge is 0.325 e. The molecule has 0 atom stereocenters. The van der Waals surface area contributed by atoms with Gasteiger partial charge in [-0.3, -0.25) is 9.59 Å². The Balaban J connectivity index is 3.45. The van der Waals surface area contributed by atoms with Crippen LogP contribution in [0, 0.1) is 0 Å². The number of amides is 1. The highest BCUT2D eigenvalue weighted by atomic mass is 16.5. The lowest BCUT2D eigenvalue weighted by molar-refractivity contribution is -0.146. The van der Waals surface area contributed by atoms with Gasteiger partial charge < -0.3 is 9.64 Å². The number of unbranched alkanes of at least 4 members (excludes halogenated alkanes) is 7. The number of nitrogens with zero attached hydrogens (tertiary/aromatic N) is 1. The molecule has 112 valence electrons. The molecule has 0 saturated heterocycles. The number of hydrogen-bond acceptors (Lipinski definition) is 3. The summed E-state index contributed by atoms with van der Waals surface area (Å²) in [5.41, 5.74) is 0. The third-order valence-corrected chi connectivity index (χ3v) is 3.26. The first-order chi connectivity index (χ1) is 9.11. The molecule has 0 heterocycles. The molecule has 0 fully saturated rings. The van der Waals surface area contributed by atoms with Crippen molar-refractivity contribution in [3.63, 3.8) is 0 Å². The molecule has 0 unspecified atom stereocenters. The number of hydrogen-bond donors (Lipinski definition) is 0. The van der Waals surface area contributed by atoms with Gasteiger partial charge in [0.1, 0.15) is 6.54 Å². The van der Waals surface area contributed by atoms with Gasteiger partial charge in [-0.25, -0.2) is 0 Å². The first kappa shape index (κ1) is 17.9. The standard InChI is InChI=1S/C15H29NO3/c1-4-5-6-7-8-9-10-11-12-14(17)16(2)13-15(18)19-3/h4-13H2,1-3H3. The van der Waals surface area contributed by atoms with Crippen LogP contribution in [-0.2, 0) is 14.3 Å². The van der Waals surface area contributed by atoms with E-state index in [-0.39, 0.29) is 18.4 Å². The second-order valence-electron chi connectivity index (χ2n) is 5.05. The van der Waals surface area contributed by atoms with Crippen LogP contribution in [0.2, 0.25) is 0 Å². The Labute approximate surface area is 117 Å². The lowest BCUT2D eigenvalue weighted by atomic mass is 10.1. The van der Waals surface area contributed by atoms with Crippen LogP contribution in [0.5, 0.6) is 0 Å². The van der Waals surface area contributed by atoms with E-state index in [0.717, 1.165) is 12.8 Å². The zero-order valence-electron chi connectivity index (χ0n) is 12.7. The topological polar surface area (TPSA) is 46.6 Å². The van der Waals surface area contributed by atoms with Crippen LogP contribution in [0.3, 0.4) is 0 Å². The summed E-state index contributed by atoms with van der Waals surface area (Å²) >= 11 is 0. The van der Waals surface area contributed by atoms with E-state index in [1.807, 2.05) is 0 Å². The van der Waals surface area contributed by atoms with Crippen LogP contribution in [0.25, 0.3) is 0 Å². The van der Waals surface area contributed by atoms with Crippen LogP contribution in [-0.4, -0.2) is 37.5 Å². The van der Waals surface area contributed by atoms with E-state index in [1.165, 1.54) is 50.5 Å². The van der Waals surface area contributed by atoms with Gasteiger partial charge in [0.25, 0.3) is 0 Å². The van der Waals surface area contributed by atoms with Crippen LogP contribution in [0.15, 0.2) is 0 Å². The molecule has 19 heavy (non-hydrogen) atoms. The molecular formula is C15H29NO3. The van der Waals surface area contributed by atoms with Crippen molar-refractivity contribution in [2.45, 2.75) is 64.7 Å². The predicted octanol–water partition coefficient (Wildman–Crippen LogP) is 3.15. The maximum Gasteiger partial charge on any atom is 0.325 e. The molecule has 4 heteroatoms. The van der Waals surface area contributed by atoms with Gasteiger partial charge >= 0.3 is 5.97 Å². The lowest BCUT2D eigenvalue weighted by Crippen LogP contribution is -2.32. The Hall–Kier alpha value is -1.06. The molecule has 0 aliphatic heterocycles. The first-order valence-corrected chi connectivity index (χ1v) is 7.42. The summed E-state index contributed by atoms with van der Waals surface area (Å²) in [7, 11) is 2.98. The van der Waals surface area contributed by atoms with E-state index in [0.29, 0.717) is 6.42 Å². The van der Waals surface area contributed by atoms with E-state index in [4.69, 9.17) is 0 Å². The van der Waals surface area contributed by atoms with Crippen molar-refractivity contribution in [2.75, 3.05) is 20.7 Å². The van der Waals surface area contributed by atoms with Crippen LogP contribution in [0.4, 0.5) is 0 Å². The van der Waals surface area contributed by atoms with Crippen molar-refractivity contribution in [1.82, 2.24) is 4.90 Å². The van der Waals surface area contributed by atoms with Gasteiger partial charge in [0.05, 0.1) is 7.11 Å². The van der Waals surface area contributed by atoms with Crippen molar-refractivity contribution in [3.8, 4) is 0 Å². The SMILES string of the molecule is CCCCCCCCCCC(=O)N(C)CC(=O)OC. The number of methoxy groups -OCH3 is 1. The molecule has 0 aliphatic carbocycles. The molecule has 4 nitrogen and oxygen atoms in total. The van der Waals surface area contributed by atoms with E-state index in [2.05, 4.69) is 11.7 Å². The Morgan fingerprint density at radius 2 is 1.47 bits per heavy atom. The maximum absolute atomic E-state index is 11.7. The Morgan fingerprint density at radius 3 is 2.00 bits per heavy atom. The Morgan fingerprint density at radius 1 is 0.947 bits per heavy atom. The fourth-order valence-electron chi connectivity index (χ4n) is 1.95. The molecule has 0 aromatic rings. The maximum atomic E-state index is 11.7. The highest BCUT2D eigenvalue weighted by Crippen LogP contribution is 2.10. The van der Waals surface area contributed by atoms with E-state index >= 15 is 0 Å². The summed E-state index contributed by atoms with van der Waals surface area (Å²) in [6.45, 7) is 2.27. The quantitative estimate of drug-likeness (QED) is 0.428. The fraction of sp³-hybridized carbons (Fsp3) is 0.867. The number of likely N-dealkylation sites (N-methyl/N-ethyl adjacent to an activating group) is 1. The number of rotatable bonds is 11. The van der Waals surface area contributed by atoms with Crippen molar-refractivity contribution >= 4 is 11.9 Å². The minimum Gasteiger partial charge on any atom is -0.468 e. The summed E-state index contributed by atoms with van der Waals surface area (Å²) in [5, 5.41) is 0. The van der Waals surface area contributed by atoms with E-state index < -0.39 is 0 Å². The number of esters is 1. The monoisotopic (exact) mass is 271 g/mol. The average Bonchev–Trinajstić information content (AvgIpc) is 2.41. The van der Waals surface area contributed by atoms with Gasteiger partial charge in [0.15, 0.2) is 0 Å². The van der Waals surface area contributed by atoms with Crippen LogP contribution in [0.1, 0.15) is 64.7 Å². The van der Waals surface area contributed by atoms with Crippen molar-refractivity contribution < 1.29 is 14.3 Å². The minimum absolute atomic E-state index is 0.0244. The van der Waals surface area contributed by atoms with Gasteiger partial charge in [-0.1, -0.05) is 51.9 Å². The molecule has 0 spiro atoms. The molecular weight excluding hydrogens is 242 g/mol. The zero-order valence-corrected chi connectivity index (χ0v) is 12.7. The summed E-state index contributed by atoms with van der Waals surface area (Å²) in [5.74, 6) is -0.344. The second-order valence-corrected chi connectivity index (χ2v) is 5.05. The minimum atomic E-state index is -0.369. The predicted molar refractivity (Wildman–Crippen MR) is 76.9 cm³/mol. The van der Waals surface area contributed by atoms with Gasteiger partial charge in [0, 0.05) is 13.5 Å². The molecule has 0 N–H and O–H groups in total. The number of carbonyl (C=O) groups is 2. The van der Waals surface area contributed by atoms with Gasteiger partial charge in [-0.15, -0.1) is 0 Å². The molecule has 0 bridgehead atoms. The first-order valence-electron chi connectivity index (χ1n) is 7.42. The Bertz CT molecular complexity index is 254. The highest BCUT2D eigenvalue weighted by Gasteiger charge is 2.12. The molecule has 0 aromatic heterocycles. The van der Waals surface area contributed by atoms with Crippen LogP contribution >= 0.6 is 0 Å². The third kappa shape index (κ3) is 10.5. The summed E-state index contributed by atoms with van der Waals surface area (Å²) in [6, 6.07) is 0. The highest BCUT2D eigenvalue weighted by molar-refractivity contribution is 5.81. The number of carbonyl (C=O) groups excluding carboxylic acids is 2. The third-order valence-electron chi connectivity index (χ3n) is 3.26. The molecule has 0 aromatic carbocycles. The average molecular weight is 271 g/mol. The second kappa shape index (κ2) is 12.0. The largest absolute Gasteiger partial charge is 0.468 e. The van der Waals surface area contributed by atoms with Crippen LogP contribution < -0.4 is 0 Å². The van der Waals surface area contributed by atoms with Crippen molar-refractivity contribution in [3.05, 3.63) is 0 Å². The fourth-order valence-corrected chi connectivity index (χ4v) is 1.95. The van der Waals surface area contributed by atoms with E-state index in [9.17, 15) is 9.59 Å². The lowest BCUT2D eigenvalue weighted by Gasteiger charge is -2.15. The van der Waals surface area contributed by atoms with Gasteiger partial charge in [-0.2, -0.15) is 0 Å². The summed E-state index contributed by atoms with van der Waals surface area (Å²) in [6.07, 6.45) is 10.3. The normalized spacial score (nSPS) is 10.3. The van der Waals surface area contributed by atoms with E-state index in [1.54, 1.807) is 7.05 Å². The molecule has 0 rings (SSSR count). The zero-order chi connectivity index (χ0) is 14.5. The van der Waals surface area contributed by atoms with Crippen molar-refractivity contribution in [2.24, 2.45) is 0 Å². The molecule has 1 amide bonds. The number of ether oxygens (including phenoxy) is 1. The van der Waals surface area contributed by atoms with Crippen molar-refractivity contribution in [1.29, 1.82) is 0 Å². The Kier molecular flexibility index (Phi) is 11.3. The summed E-state index contributed by atoms with van der Waals surface area (Å²) < 4.78 is 4.53. The van der Waals surface area contributed by atoms with Gasteiger partial charge in [-0.05, 0) is 6.42 Å². The summed E-state index contributed by atoms with van der Waals surface area (Å²) in [4.78, 5) is 24.1. The molecule has 0 radical (unpaired) electrons. The molecule has 0 saturated carbocycles.